The summed E-state index contributed by atoms with van der Waals surface area (Å²) in [6.45, 7) is 3.80. The number of benzene rings is 1. The molecule has 19 heavy (non-hydrogen) atoms. The third kappa shape index (κ3) is 2.26. The lowest BCUT2D eigenvalue weighted by atomic mass is 9.88. The van der Waals surface area contributed by atoms with Crippen LogP contribution in [0.2, 0.25) is 0 Å². The van der Waals surface area contributed by atoms with Crippen LogP contribution in [0.5, 0.6) is 0 Å². The van der Waals surface area contributed by atoms with Crippen LogP contribution in [0.15, 0.2) is 24.3 Å². The van der Waals surface area contributed by atoms with Crippen molar-refractivity contribution in [1.29, 1.82) is 0 Å². The molecule has 0 radical (unpaired) electrons. The van der Waals surface area contributed by atoms with Crippen molar-refractivity contribution < 1.29 is 9.90 Å². The normalized spacial score (nSPS) is 27.5. The molecule has 4 heteroatoms. The highest BCUT2D eigenvalue weighted by molar-refractivity contribution is 5.79. The van der Waals surface area contributed by atoms with Crippen LogP contribution in [0.3, 0.4) is 0 Å². The molecule has 3 N–H and O–H groups in total. The largest absolute Gasteiger partial charge is 0.390 e. The van der Waals surface area contributed by atoms with E-state index < -0.39 is 6.10 Å². The van der Waals surface area contributed by atoms with E-state index in [1.807, 2.05) is 31.2 Å². The molecule has 3 atom stereocenters. The van der Waals surface area contributed by atoms with Crippen LogP contribution in [-0.4, -0.2) is 30.2 Å². The van der Waals surface area contributed by atoms with E-state index in [1.165, 1.54) is 0 Å². The van der Waals surface area contributed by atoms with Crippen LogP contribution in [0, 0.1) is 11.8 Å². The van der Waals surface area contributed by atoms with Gasteiger partial charge in [0, 0.05) is 12.3 Å². The van der Waals surface area contributed by atoms with Crippen molar-refractivity contribution >= 4 is 5.91 Å². The molecule has 1 aliphatic heterocycles. The molecular formula is C15H20N2O2. The molecule has 1 heterocycles. The summed E-state index contributed by atoms with van der Waals surface area (Å²) in [6, 6.07) is 7.68. The van der Waals surface area contributed by atoms with Gasteiger partial charge in [-0.2, -0.15) is 0 Å². The maximum atomic E-state index is 12.2. The van der Waals surface area contributed by atoms with E-state index in [1.54, 1.807) is 0 Å². The molecule has 1 fully saturated rings. The van der Waals surface area contributed by atoms with Gasteiger partial charge in [-0.1, -0.05) is 31.2 Å². The summed E-state index contributed by atoms with van der Waals surface area (Å²) < 4.78 is 0. The van der Waals surface area contributed by atoms with Crippen molar-refractivity contribution in [2.45, 2.75) is 25.5 Å². The van der Waals surface area contributed by atoms with Crippen LogP contribution in [-0.2, 0) is 11.2 Å². The van der Waals surface area contributed by atoms with Gasteiger partial charge in [0.2, 0.25) is 5.91 Å². The zero-order valence-corrected chi connectivity index (χ0v) is 11.1. The molecule has 1 aromatic rings. The third-order valence-corrected chi connectivity index (χ3v) is 4.44. The van der Waals surface area contributed by atoms with Crippen LogP contribution in [0.1, 0.15) is 24.1 Å². The molecule has 1 amide bonds. The van der Waals surface area contributed by atoms with Gasteiger partial charge in [0.1, 0.15) is 0 Å². The summed E-state index contributed by atoms with van der Waals surface area (Å²) in [7, 11) is 0. The predicted octanol–water partition coefficient (Wildman–Crippen LogP) is 0.616. The number of fused-ring (bicyclic) bond motifs is 1. The quantitative estimate of drug-likeness (QED) is 0.746. The molecule has 2 aliphatic rings. The number of amides is 1. The van der Waals surface area contributed by atoms with Gasteiger partial charge >= 0.3 is 0 Å². The number of carbonyl (C=O) groups excluding carboxylic acids is 1. The smallest absolute Gasteiger partial charge is 0.223 e. The van der Waals surface area contributed by atoms with E-state index >= 15 is 0 Å². The Kier molecular flexibility index (Phi) is 3.29. The standard InChI is InChI=1S/C15H20N2O2/c1-9(11-7-16-8-11)15(19)17-14-12-5-3-2-4-10(12)6-13(14)18/h2-5,9,11,13-14,16,18H,6-8H2,1H3,(H,17,19)/t9?,13-,14+/m0/s1. The maximum absolute atomic E-state index is 12.2. The first kappa shape index (κ1) is 12.6. The molecule has 0 saturated carbocycles. The van der Waals surface area contributed by atoms with Gasteiger partial charge in [0.25, 0.3) is 0 Å². The summed E-state index contributed by atoms with van der Waals surface area (Å²) >= 11 is 0. The van der Waals surface area contributed by atoms with Crippen molar-refractivity contribution in [2.75, 3.05) is 13.1 Å². The zero-order chi connectivity index (χ0) is 13.4. The van der Waals surface area contributed by atoms with Gasteiger partial charge in [-0.05, 0) is 30.1 Å². The molecule has 102 valence electrons. The van der Waals surface area contributed by atoms with Crippen molar-refractivity contribution in [3.63, 3.8) is 0 Å². The van der Waals surface area contributed by atoms with Gasteiger partial charge in [-0.25, -0.2) is 0 Å². The van der Waals surface area contributed by atoms with Gasteiger partial charge in [0.05, 0.1) is 12.1 Å². The first-order valence-electron chi connectivity index (χ1n) is 6.94. The minimum Gasteiger partial charge on any atom is -0.390 e. The molecule has 0 spiro atoms. The molecular weight excluding hydrogens is 240 g/mol. The topological polar surface area (TPSA) is 61.4 Å². The second-order valence-corrected chi connectivity index (χ2v) is 5.66. The minimum absolute atomic E-state index is 0.00112. The number of aliphatic hydroxyl groups is 1. The lowest BCUT2D eigenvalue weighted by Gasteiger charge is -2.32. The highest BCUT2D eigenvalue weighted by Gasteiger charge is 2.35. The Labute approximate surface area is 113 Å². The lowest BCUT2D eigenvalue weighted by molar-refractivity contribution is -0.128. The average molecular weight is 260 g/mol. The Morgan fingerprint density at radius 3 is 2.84 bits per heavy atom. The molecule has 1 unspecified atom stereocenters. The van der Waals surface area contributed by atoms with Gasteiger partial charge in [0.15, 0.2) is 0 Å². The summed E-state index contributed by atoms with van der Waals surface area (Å²) in [4.78, 5) is 12.2. The summed E-state index contributed by atoms with van der Waals surface area (Å²) in [5, 5.41) is 16.3. The first-order valence-corrected chi connectivity index (χ1v) is 6.94. The predicted molar refractivity (Wildman–Crippen MR) is 72.6 cm³/mol. The van der Waals surface area contributed by atoms with E-state index in [0.717, 1.165) is 24.2 Å². The van der Waals surface area contributed by atoms with E-state index in [9.17, 15) is 9.90 Å². The molecule has 0 aromatic heterocycles. The Bertz CT molecular complexity index is 485. The number of hydrogen-bond acceptors (Lipinski definition) is 3. The fraction of sp³-hybridized carbons (Fsp3) is 0.533. The second kappa shape index (κ2) is 4.94. The molecule has 1 saturated heterocycles. The number of carbonyl (C=O) groups is 1. The van der Waals surface area contributed by atoms with Crippen molar-refractivity contribution in [3.05, 3.63) is 35.4 Å². The molecule has 1 aliphatic carbocycles. The van der Waals surface area contributed by atoms with Gasteiger partial charge < -0.3 is 15.7 Å². The third-order valence-electron chi connectivity index (χ3n) is 4.44. The van der Waals surface area contributed by atoms with E-state index in [4.69, 9.17) is 0 Å². The monoisotopic (exact) mass is 260 g/mol. The summed E-state index contributed by atoms with van der Waals surface area (Å²) in [5.41, 5.74) is 2.19. The summed E-state index contributed by atoms with van der Waals surface area (Å²) in [5.74, 6) is 0.474. The van der Waals surface area contributed by atoms with Crippen LogP contribution < -0.4 is 10.6 Å². The van der Waals surface area contributed by atoms with Gasteiger partial charge in [-0.3, -0.25) is 4.79 Å². The number of hydrogen-bond donors (Lipinski definition) is 3. The Balaban J connectivity index is 1.71. The van der Waals surface area contributed by atoms with Crippen molar-refractivity contribution in [2.24, 2.45) is 11.8 Å². The Morgan fingerprint density at radius 2 is 2.16 bits per heavy atom. The number of nitrogens with one attached hydrogen (secondary N) is 2. The van der Waals surface area contributed by atoms with Gasteiger partial charge in [-0.15, -0.1) is 0 Å². The summed E-state index contributed by atoms with van der Waals surface area (Å²) in [6.07, 6.45) is 0.119. The lowest BCUT2D eigenvalue weighted by Crippen LogP contribution is -2.50. The Hall–Kier alpha value is -1.39. The molecule has 1 aromatic carbocycles. The number of aliphatic hydroxyl groups excluding tert-OH is 1. The first-order chi connectivity index (χ1) is 9.16. The van der Waals surface area contributed by atoms with Crippen LogP contribution in [0.4, 0.5) is 0 Å². The van der Waals surface area contributed by atoms with Crippen molar-refractivity contribution in [1.82, 2.24) is 10.6 Å². The second-order valence-electron chi connectivity index (χ2n) is 5.66. The highest BCUT2D eigenvalue weighted by atomic mass is 16.3. The molecule has 3 rings (SSSR count). The van der Waals surface area contributed by atoms with E-state index in [0.29, 0.717) is 12.3 Å². The fourth-order valence-corrected chi connectivity index (χ4v) is 2.91. The van der Waals surface area contributed by atoms with Crippen LogP contribution in [0.25, 0.3) is 0 Å². The fourth-order valence-electron chi connectivity index (χ4n) is 2.91. The van der Waals surface area contributed by atoms with E-state index in [2.05, 4.69) is 10.6 Å². The van der Waals surface area contributed by atoms with Crippen LogP contribution >= 0.6 is 0 Å². The van der Waals surface area contributed by atoms with Crippen molar-refractivity contribution in [3.8, 4) is 0 Å². The average Bonchev–Trinajstić information content (AvgIpc) is 2.64. The minimum atomic E-state index is -0.506. The highest BCUT2D eigenvalue weighted by Crippen LogP contribution is 2.31. The Morgan fingerprint density at radius 1 is 1.42 bits per heavy atom. The van der Waals surface area contributed by atoms with E-state index in [-0.39, 0.29) is 17.9 Å². The maximum Gasteiger partial charge on any atom is 0.223 e. The molecule has 0 bridgehead atoms. The SMILES string of the molecule is CC(C(=O)N[C@@H]1c2ccccc2C[C@@H]1O)C1CNC1. The zero-order valence-electron chi connectivity index (χ0n) is 11.1. The number of rotatable bonds is 3. The molecule has 4 nitrogen and oxygen atoms in total.